The van der Waals surface area contributed by atoms with E-state index in [2.05, 4.69) is 21.2 Å². The molecule has 0 bridgehead atoms. The molecule has 0 amide bonds. The first-order valence-electron chi connectivity index (χ1n) is 14.5. The van der Waals surface area contributed by atoms with Gasteiger partial charge in [-0.05, 0) is 41.5 Å². The van der Waals surface area contributed by atoms with E-state index < -0.39 is 11.2 Å². The van der Waals surface area contributed by atoms with Crippen molar-refractivity contribution in [1.82, 2.24) is 10.3 Å². The molecule has 0 saturated carbocycles. The molecule has 0 fully saturated rings. The minimum Gasteiger partial charge on any atom is -0.493 e. The first-order chi connectivity index (χ1) is 22.5. The number of carbonyl (C=O) groups excluding carboxylic acids is 1. The van der Waals surface area contributed by atoms with Gasteiger partial charge in [-0.1, -0.05) is 60.7 Å². The van der Waals surface area contributed by atoms with Gasteiger partial charge in [0, 0.05) is 36.5 Å². The summed E-state index contributed by atoms with van der Waals surface area (Å²) in [6.45, 7) is 2.62. The molecule has 0 saturated heterocycles. The minimum absolute atomic E-state index is 0.0233. The monoisotopic (exact) mass is 631 g/mol. The van der Waals surface area contributed by atoms with Gasteiger partial charge < -0.3 is 38.8 Å². The number of carbonyl (C=O) groups is 1. The molecule has 46 heavy (non-hydrogen) atoms. The van der Waals surface area contributed by atoms with Crippen molar-refractivity contribution >= 4 is 28.3 Å². The fourth-order valence-corrected chi connectivity index (χ4v) is 4.73. The Morgan fingerprint density at radius 2 is 1.54 bits per heavy atom. The quantitative estimate of drug-likeness (QED) is 0.0588. The van der Waals surface area contributed by atoms with Crippen LogP contribution < -0.4 is 19.5 Å². The predicted molar refractivity (Wildman–Crippen MR) is 173 cm³/mol. The lowest BCUT2D eigenvalue weighted by atomic mass is 10.1. The average Bonchev–Trinajstić information content (AvgIpc) is 3.46. The average molecular weight is 632 g/mol. The molecule has 2 N–H and O–H groups in total. The highest BCUT2D eigenvalue weighted by molar-refractivity contribution is 6.10. The lowest BCUT2D eigenvalue weighted by molar-refractivity contribution is -0.763. The second-order valence-corrected chi connectivity index (χ2v) is 9.97. The maximum absolute atomic E-state index is 11.0. The molecule has 0 spiro atoms. The Labute approximate surface area is 266 Å². The van der Waals surface area contributed by atoms with Crippen LogP contribution >= 0.6 is 0 Å². The fourth-order valence-electron chi connectivity index (χ4n) is 4.73. The summed E-state index contributed by atoms with van der Waals surface area (Å²) in [6, 6.07) is 28.7. The number of hydrogen-bond acceptors (Lipinski definition) is 10. The molecule has 1 atom stereocenters. The molecule has 12 heteroatoms. The summed E-state index contributed by atoms with van der Waals surface area (Å²) in [5, 5.41) is 14.5. The van der Waals surface area contributed by atoms with Crippen molar-refractivity contribution in [1.29, 1.82) is 0 Å². The Bertz CT molecular complexity index is 1690. The zero-order valence-electron chi connectivity index (χ0n) is 25.7. The van der Waals surface area contributed by atoms with Gasteiger partial charge in [0.25, 0.3) is 11.6 Å². The second-order valence-electron chi connectivity index (χ2n) is 9.97. The van der Waals surface area contributed by atoms with Gasteiger partial charge in [-0.2, -0.15) is 0 Å². The third kappa shape index (κ3) is 9.84. The third-order valence-electron chi connectivity index (χ3n) is 6.78. The van der Waals surface area contributed by atoms with Gasteiger partial charge >= 0.3 is 0 Å². The highest BCUT2D eigenvalue weighted by atomic mass is 16.9. The molecule has 1 unspecified atom stereocenters. The maximum atomic E-state index is 11.0. The van der Waals surface area contributed by atoms with E-state index in [1.807, 2.05) is 78.9 Å². The highest BCUT2D eigenvalue weighted by Gasteiger charge is 2.14. The number of para-hydroxylation sites is 3. The van der Waals surface area contributed by atoms with Crippen molar-refractivity contribution in [2.24, 2.45) is 0 Å². The Kier molecular flexibility index (Phi) is 13.0. The number of rotatable bonds is 17. The number of aromatic amines is 1. The molecule has 0 radical (unpaired) electrons. The van der Waals surface area contributed by atoms with Gasteiger partial charge in [-0.3, -0.25) is 4.79 Å². The number of nitrogens with one attached hydrogen (secondary N) is 2. The van der Waals surface area contributed by atoms with Gasteiger partial charge in [-0.25, -0.2) is 0 Å². The van der Waals surface area contributed by atoms with Crippen LogP contribution in [0.25, 0.3) is 21.8 Å². The van der Waals surface area contributed by atoms with E-state index in [4.69, 9.17) is 23.7 Å². The van der Waals surface area contributed by atoms with E-state index in [1.165, 1.54) is 0 Å². The normalized spacial score (nSPS) is 11.3. The first kappa shape index (κ1) is 33.6. The maximum Gasteiger partial charge on any atom is 0.294 e. The minimum atomic E-state index is -0.803. The summed E-state index contributed by atoms with van der Waals surface area (Å²) in [6.07, 6.45) is -0.431. The van der Waals surface area contributed by atoms with Crippen LogP contribution in [-0.4, -0.2) is 63.2 Å². The summed E-state index contributed by atoms with van der Waals surface area (Å²) in [7, 11) is 3.21. The predicted octanol–water partition coefficient (Wildman–Crippen LogP) is 5.46. The van der Waals surface area contributed by atoms with Crippen molar-refractivity contribution in [3.05, 3.63) is 112 Å². The summed E-state index contributed by atoms with van der Waals surface area (Å²) in [5.41, 5.74) is 3.78. The lowest BCUT2D eigenvalue weighted by Gasteiger charge is -2.17. The van der Waals surface area contributed by atoms with E-state index in [0.717, 1.165) is 38.7 Å². The van der Waals surface area contributed by atoms with Gasteiger partial charge in [0.1, 0.15) is 31.7 Å². The number of benzene rings is 4. The van der Waals surface area contributed by atoms with Crippen LogP contribution in [0.1, 0.15) is 11.1 Å². The summed E-state index contributed by atoms with van der Waals surface area (Å²) < 4.78 is 27.2. The van der Waals surface area contributed by atoms with E-state index in [9.17, 15) is 14.9 Å². The first-order valence-corrected chi connectivity index (χ1v) is 14.5. The van der Waals surface area contributed by atoms with E-state index >= 15 is 0 Å². The number of aromatic nitrogens is 1. The third-order valence-corrected chi connectivity index (χ3v) is 6.78. The van der Waals surface area contributed by atoms with Crippen molar-refractivity contribution in [2.75, 3.05) is 40.5 Å². The van der Waals surface area contributed by atoms with Gasteiger partial charge in [-0.15, -0.1) is 10.1 Å². The van der Waals surface area contributed by atoms with Crippen LogP contribution in [0.3, 0.4) is 0 Å². The Balaban J connectivity index is 0.000000288. The molecule has 242 valence electrons. The number of hydrogen-bond donors (Lipinski definition) is 2. The van der Waals surface area contributed by atoms with Crippen molar-refractivity contribution in [3.8, 4) is 17.2 Å². The van der Waals surface area contributed by atoms with Crippen molar-refractivity contribution in [3.63, 3.8) is 0 Å². The molecule has 0 aliphatic rings. The highest BCUT2D eigenvalue weighted by Crippen LogP contribution is 2.33. The second kappa shape index (κ2) is 17.8. The standard InChI is InChI=1S/C25H26N2O5.C9H11NO4/c1-29-22-10-4-5-11-23(22)30-14-13-26-15-18(32-17-28)16-31-24-12-6-9-21-25(24)19-7-2-3-8-20(19)27-21;1-13-6-8-3-2-4-9(5-8)7-14-10(11)12/h2-12,17-18,26-27H,13-16H2,1H3;2-5H,6-7H2,1H3. The van der Waals surface area contributed by atoms with Gasteiger partial charge in [0.2, 0.25) is 0 Å². The molecular weight excluding hydrogens is 594 g/mol. The fraction of sp³-hybridized carbons (Fsp3) is 0.265. The number of H-pyrrole nitrogens is 1. The topological polar surface area (TPSA) is 143 Å². The number of methoxy groups -OCH3 is 2. The van der Waals surface area contributed by atoms with E-state index in [1.54, 1.807) is 20.3 Å². The number of nitrogens with zero attached hydrogens (tertiary/aromatic N) is 1. The lowest BCUT2D eigenvalue weighted by Crippen LogP contribution is -2.35. The van der Waals surface area contributed by atoms with Crippen LogP contribution in [0.2, 0.25) is 0 Å². The summed E-state index contributed by atoms with van der Waals surface area (Å²) in [4.78, 5) is 28.6. The van der Waals surface area contributed by atoms with Crippen LogP contribution in [0, 0.1) is 10.1 Å². The van der Waals surface area contributed by atoms with Crippen LogP contribution in [0.4, 0.5) is 0 Å². The van der Waals surface area contributed by atoms with Gasteiger partial charge in [0.05, 0.1) is 19.2 Å². The summed E-state index contributed by atoms with van der Waals surface area (Å²) >= 11 is 0. The van der Waals surface area contributed by atoms with Crippen LogP contribution in [0.5, 0.6) is 17.2 Å². The molecular formula is C34H37N3O9. The molecule has 1 aromatic heterocycles. The van der Waals surface area contributed by atoms with Crippen molar-refractivity contribution < 1.29 is 38.4 Å². The Hall–Kier alpha value is -5.33. The molecule has 12 nitrogen and oxygen atoms in total. The SMILES string of the molecule is COCc1cccc(CO[N+](=O)[O-])c1.COc1ccccc1OCCNCC(COc1cccc2[nH]c3ccccc3c12)OC=O. The van der Waals surface area contributed by atoms with E-state index in [-0.39, 0.29) is 13.2 Å². The molecule has 0 aliphatic heterocycles. The summed E-state index contributed by atoms with van der Waals surface area (Å²) in [5.74, 6) is 2.13. The largest absolute Gasteiger partial charge is 0.493 e. The van der Waals surface area contributed by atoms with Crippen LogP contribution in [-0.2, 0) is 32.3 Å². The zero-order valence-corrected chi connectivity index (χ0v) is 25.7. The van der Waals surface area contributed by atoms with Crippen LogP contribution in [0.15, 0.2) is 91.0 Å². The molecule has 0 aliphatic carbocycles. The molecule has 1 heterocycles. The van der Waals surface area contributed by atoms with E-state index in [0.29, 0.717) is 44.3 Å². The molecule has 5 aromatic rings. The zero-order chi connectivity index (χ0) is 32.6. The number of ether oxygens (including phenoxy) is 5. The Morgan fingerprint density at radius 1 is 0.848 bits per heavy atom. The van der Waals surface area contributed by atoms with Gasteiger partial charge in [0.15, 0.2) is 11.5 Å². The number of fused-ring (bicyclic) bond motifs is 3. The Morgan fingerprint density at radius 3 is 2.30 bits per heavy atom. The smallest absolute Gasteiger partial charge is 0.294 e. The van der Waals surface area contributed by atoms with Crippen molar-refractivity contribution in [2.45, 2.75) is 19.3 Å². The molecule has 4 aromatic carbocycles. The molecule has 5 rings (SSSR count).